The normalized spacial score (nSPS) is 10.7. The van der Waals surface area contributed by atoms with E-state index in [9.17, 15) is 4.79 Å². The number of carbonyl (C=O) groups excluding carboxylic acids is 1. The third kappa shape index (κ3) is 5.00. The van der Waals surface area contributed by atoms with Crippen LogP contribution in [-0.4, -0.2) is 5.78 Å². The van der Waals surface area contributed by atoms with Gasteiger partial charge in [-0.2, -0.15) is 0 Å². The molecule has 0 spiro atoms. The minimum atomic E-state index is 0.0624. The molecule has 1 nitrogen and oxygen atoms in total. The molecular formula is C13H22O. The molecule has 0 radical (unpaired) electrons. The van der Waals surface area contributed by atoms with Gasteiger partial charge in [0.2, 0.25) is 0 Å². The first-order valence-electron chi connectivity index (χ1n) is 5.24. The van der Waals surface area contributed by atoms with Crippen molar-refractivity contribution in [3.05, 3.63) is 24.3 Å². The zero-order valence-corrected chi connectivity index (χ0v) is 9.89. The van der Waals surface area contributed by atoms with Crippen molar-refractivity contribution in [1.29, 1.82) is 0 Å². The van der Waals surface area contributed by atoms with Crippen molar-refractivity contribution in [3.63, 3.8) is 0 Å². The standard InChI is InChI=1S/C13H22O/c1-9(2)7-11(5)13(14)12(6)8-10(3)4/h9-10H,5-8H2,1-4H3. The topological polar surface area (TPSA) is 17.1 Å². The van der Waals surface area contributed by atoms with E-state index in [0.29, 0.717) is 23.0 Å². The van der Waals surface area contributed by atoms with Crippen LogP contribution in [0, 0.1) is 11.8 Å². The van der Waals surface area contributed by atoms with Crippen LogP contribution in [0.15, 0.2) is 24.3 Å². The van der Waals surface area contributed by atoms with E-state index in [1.54, 1.807) is 0 Å². The first kappa shape index (κ1) is 13.2. The van der Waals surface area contributed by atoms with Crippen molar-refractivity contribution < 1.29 is 4.79 Å². The summed E-state index contributed by atoms with van der Waals surface area (Å²) in [6.45, 7) is 16.0. The Hall–Kier alpha value is -0.850. The van der Waals surface area contributed by atoms with Crippen molar-refractivity contribution in [2.24, 2.45) is 11.8 Å². The summed E-state index contributed by atoms with van der Waals surface area (Å²) in [5, 5.41) is 0. The minimum Gasteiger partial charge on any atom is -0.289 e. The van der Waals surface area contributed by atoms with Crippen LogP contribution in [0.2, 0.25) is 0 Å². The van der Waals surface area contributed by atoms with E-state index in [0.717, 1.165) is 12.8 Å². The van der Waals surface area contributed by atoms with Gasteiger partial charge in [0.25, 0.3) is 0 Å². The van der Waals surface area contributed by atoms with E-state index in [1.165, 1.54) is 0 Å². The van der Waals surface area contributed by atoms with Crippen LogP contribution in [0.3, 0.4) is 0 Å². The number of hydrogen-bond donors (Lipinski definition) is 0. The Morgan fingerprint density at radius 2 is 1.21 bits per heavy atom. The maximum atomic E-state index is 11.7. The first-order chi connectivity index (χ1) is 6.34. The van der Waals surface area contributed by atoms with Gasteiger partial charge in [-0.15, -0.1) is 0 Å². The monoisotopic (exact) mass is 194 g/mol. The van der Waals surface area contributed by atoms with Gasteiger partial charge in [-0.05, 0) is 35.8 Å². The first-order valence-corrected chi connectivity index (χ1v) is 5.24. The van der Waals surface area contributed by atoms with Crippen LogP contribution in [0.1, 0.15) is 40.5 Å². The largest absolute Gasteiger partial charge is 0.289 e. The summed E-state index contributed by atoms with van der Waals surface area (Å²) in [5.74, 6) is 1.03. The van der Waals surface area contributed by atoms with Gasteiger partial charge >= 0.3 is 0 Å². The molecule has 0 aliphatic heterocycles. The summed E-state index contributed by atoms with van der Waals surface area (Å²) in [7, 11) is 0. The molecule has 0 heterocycles. The molecule has 0 bridgehead atoms. The Bertz CT molecular complexity index is 210. The molecule has 0 atom stereocenters. The van der Waals surface area contributed by atoms with Crippen LogP contribution in [0.25, 0.3) is 0 Å². The van der Waals surface area contributed by atoms with Crippen LogP contribution in [0.4, 0.5) is 0 Å². The fourth-order valence-corrected chi connectivity index (χ4v) is 1.42. The second kappa shape index (κ2) is 5.79. The van der Waals surface area contributed by atoms with Gasteiger partial charge in [0.1, 0.15) is 0 Å². The molecule has 0 saturated carbocycles. The van der Waals surface area contributed by atoms with E-state index in [-0.39, 0.29) is 5.78 Å². The molecule has 0 unspecified atom stereocenters. The van der Waals surface area contributed by atoms with Crippen molar-refractivity contribution in [2.45, 2.75) is 40.5 Å². The quantitative estimate of drug-likeness (QED) is 0.588. The fourth-order valence-electron chi connectivity index (χ4n) is 1.42. The van der Waals surface area contributed by atoms with E-state index >= 15 is 0 Å². The summed E-state index contributed by atoms with van der Waals surface area (Å²) < 4.78 is 0. The molecular weight excluding hydrogens is 172 g/mol. The summed E-state index contributed by atoms with van der Waals surface area (Å²) in [6, 6.07) is 0. The molecule has 0 aliphatic carbocycles. The average Bonchev–Trinajstić information content (AvgIpc) is 2.00. The lowest BCUT2D eigenvalue weighted by Crippen LogP contribution is -2.08. The molecule has 0 saturated heterocycles. The minimum absolute atomic E-state index is 0.0624. The summed E-state index contributed by atoms with van der Waals surface area (Å²) in [5.41, 5.74) is 1.40. The Labute approximate surface area is 87.9 Å². The van der Waals surface area contributed by atoms with Gasteiger partial charge in [0.15, 0.2) is 5.78 Å². The second-order valence-electron chi connectivity index (χ2n) is 4.73. The molecule has 1 heteroatoms. The summed E-state index contributed by atoms with van der Waals surface area (Å²) in [6.07, 6.45) is 1.55. The Morgan fingerprint density at radius 3 is 1.43 bits per heavy atom. The molecule has 0 aromatic rings. The fraction of sp³-hybridized carbons (Fsp3) is 0.615. The Kier molecular flexibility index (Phi) is 5.44. The highest BCUT2D eigenvalue weighted by Crippen LogP contribution is 2.17. The van der Waals surface area contributed by atoms with E-state index in [2.05, 4.69) is 40.9 Å². The lowest BCUT2D eigenvalue weighted by Gasteiger charge is -2.11. The Balaban J connectivity index is 4.19. The highest BCUT2D eigenvalue weighted by atomic mass is 16.1. The third-order valence-electron chi connectivity index (χ3n) is 1.95. The summed E-state index contributed by atoms with van der Waals surface area (Å²) >= 11 is 0. The second-order valence-corrected chi connectivity index (χ2v) is 4.73. The molecule has 0 aromatic heterocycles. The van der Waals surface area contributed by atoms with Crippen LogP contribution < -0.4 is 0 Å². The van der Waals surface area contributed by atoms with Crippen molar-refractivity contribution in [2.75, 3.05) is 0 Å². The van der Waals surface area contributed by atoms with Gasteiger partial charge in [0.05, 0.1) is 0 Å². The number of allylic oxidation sites excluding steroid dienone is 2. The van der Waals surface area contributed by atoms with Gasteiger partial charge in [-0.1, -0.05) is 40.9 Å². The van der Waals surface area contributed by atoms with Crippen molar-refractivity contribution >= 4 is 5.78 Å². The van der Waals surface area contributed by atoms with Crippen LogP contribution >= 0.6 is 0 Å². The molecule has 0 rings (SSSR count). The highest BCUT2D eigenvalue weighted by Gasteiger charge is 2.13. The molecule has 0 aliphatic rings. The molecule has 0 amide bonds. The molecule has 0 fully saturated rings. The van der Waals surface area contributed by atoms with Gasteiger partial charge in [0, 0.05) is 0 Å². The lowest BCUT2D eigenvalue weighted by atomic mass is 9.93. The molecule has 80 valence electrons. The van der Waals surface area contributed by atoms with Crippen LogP contribution in [0.5, 0.6) is 0 Å². The number of Topliss-reactive ketones (excluding diaryl/α,β-unsaturated/α-hetero) is 1. The zero-order valence-electron chi connectivity index (χ0n) is 9.89. The molecule has 14 heavy (non-hydrogen) atoms. The number of rotatable bonds is 6. The van der Waals surface area contributed by atoms with E-state index in [4.69, 9.17) is 0 Å². The third-order valence-corrected chi connectivity index (χ3v) is 1.95. The van der Waals surface area contributed by atoms with E-state index < -0.39 is 0 Å². The lowest BCUT2D eigenvalue weighted by molar-refractivity contribution is -0.112. The molecule has 0 N–H and O–H groups in total. The van der Waals surface area contributed by atoms with Crippen molar-refractivity contribution in [3.8, 4) is 0 Å². The van der Waals surface area contributed by atoms with E-state index in [1.807, 2.05) is 0 Å². The number of ketones is 1. The van der Waals surface area contributed by atoms with Crippen LogP contribution in [-0.2, 0) is 4.79 Å². The predicted octanol–water partition coefficient (Wildman–Crippen LogP) is 3.76. The Morgan fingerprint density at radius 1 is 0.929 bits per heavy atom. The predicted molar refractivity (Wildman–Crippen MR) is 62.2 cm³/mol. The smallest absolute Gasteiger partial charge is 0.183 e. The van der Waals surface area contributed by atoms with Gasteiger partial charge in [-0.25, -0.2) is 0 Å². The highest BCUT2D eigenvalue weighted by molar-refractivity contribution is 6.07. The maximum Gasteiger partial charge on any atom is 0.183 e. The maximum absolute atomic E-state index is 11.7. The summed E-state index contributed by atoms with van der Waals surface area (Å²) in [4.78, 5) is 11.7. The molecule has 0 aromatic carbocycles. The zero-order chi connectivity index (χ0) is 11.3. The van der Waals surface area contributed by atoms with Gasteiger partial charge < -0.3 is 0 Å². The number of carbonyl (C=O) groups is 1. The SMILES string of the molecule is C=C(CC(C)C)C(=O)C(=C)CC(C)C. The van der Waals surface area contributed by atoms with Gasteiger partial charge in [-0.3, -0.25) is 4.79 Å². The average molecular weight is 194 g/mol. The number of hydrogen-bond acceptors (Lipinski definition) is 1. The van der Waals surface area contributed by atoms with Crippen molar-refractivity contribution in [1.82, 2.24) is 0 Å².